The molecule has 0 aliphatic heterocycles. The van der Waals surface area contributed by atoms with Gasteiger partial charge in [-0.25, -0.2) is 0 Å². The van der Waals surface area contributed by atoms with E-state index in [0.717, 1.165) is 22.4 Å². The number of aryl methyl sites for hydroxylation is 2. The monoisotopic (exact) mass is 279 g/mol. The molecule has 2 aromatic rings. The zero-order valence-electron chi connectivity index (χ0n) is 9.37. The molecule has 0 radical (unpaired) electrons. The topological polar surface area (TPSA) is 29.9 Å². The van der Waals surface area contributed by atoms with Crippen LogP contribution in [0, 0.1) is 6.92 Å². The van der Waals surface area contributed by atoms with E-state index in [0.29, 0.717) is 0 Å². The Morgan fingerprint density at radius 1 is 1.38 bits per heavy atom. The highest BCUT2D eigenvalue weighted by Gasteiger charge is 2.03. The number of anilines is 1. The summed E-state index contributed by atoms with van der Waals surface area (Å²) >= 11 is 3.58. The Kier molecular flexibility index (Phi) is 3.29. The predicted molar refractivity (Wildman–Crippen MR) is 69.4 cm³/mol. The van der Waals surface area contributed by atoms with Crippen molar-refractivity contribution in [2.24, 2.45) is 7.05 Å². The molecule has 2 rings (SSSR count). The molecule has 0 aliphatic rings. The van der Waals surface area contributed by atoms with Crippen LogP contribution in [0.15, 0.2) is 34.9 Å². The van der Waals surface area contributed by atoms with Gasteiger partial charge < -0.3 is 5.32 Å². The van der Waals surface area contributed by atoms with Crippen molar-refractivity contribution in [2.45, 2.75) is 13.5 Å². The van der Waals surface area contributed by atoms with Gasteiger partial charge in [0.2, 0.25) is 0 Å². The van der Waals surface area contributed by atoms with Gasteiger partial charge in [0, 0.05) is 23.4 Å². The lowest BCUT2D eigenvalue weighted by Gasteiger charge is -2.10. The molecular weight excluding hydrogens is 266 g/mol. The van der Waals surface area contributed by atoms with Gasteiger partial charge in [-0.05, 0) is 40.5 Å². The maximum atomic E-state index is 4.13. The molecule has 1 N–H and O–H groups in total. The number of rotatable bonds is 3. The van der Waals surface area contributed by atoms with E-state index >= 15 is 0 Å². The Bertz CT molecular complexity index is 491. The smallest absolute Gasteiger partial charge is 0.0571 e. The van der Waals surface area contributed by atoms with E-state index < -0.39 is 0 Å². The molecule has 0 saturated heterocycles. The molecular formula is C12H14BrN3. The number of benzene rings is 1. The average molecular weight is 280 g/mol. The van der Waals surface area contributed by atoms with Crippen LogP contribution in [0.3, 0.4) is 0 Å². The van der Waals surface area contributed by atoms with Gasteiger partial charge in [0.25, 0.3) is 0 Å². The molecule has 0 bridgehead atoms. The number of nitrogens with zero attached hydrogens (tertiary/aromatic N) is 2. The summed E-state index contributed by atoms with van der Waals surface area (Å²) in [4.78, 5) is 0. The number of hydrogen-bond donors (Lipinski definition) is 1. The van der Waals surface area contributed by atoms with Crippen LogP contribution in [-0.2, 0) is 13.6 Å². The first-order chi connectivity index (χ1) is 7.68. The van der Waals surface area contributed by atoms with E-state index in [9.17, 15) is 0 Å². The lowest BCUT2D eigenvalue weighted by Crippen LogP contribution is -2.05. The van der Waals surface area contributed by atoms with Crippen LogP contribution in [-0.4, -0.2) is 9.78 Å². The molecule has 16 heavy (non-hydrogen) atoms. The predicted octanol–water partition coefficient (Wildman–Crippen LogP) is 3.10. The molecule has 0 saturated carbocycles. The van der Waals surface area contributed by atoms with Crippen LogP contribution in [0.2, 0.25) is 0 Å². The molecule has 0 spiro atoms. The SMILES string of the molecule is Cc1cccc(NCc2ccnn2C)c1Br. The van der Waals surface area contributed by atoms with Crippen molar-refractivity contribution >= 4 is 21.6 Å². The van der Waals surface area contributed by atoms with Crippen LogP contribution in [0.4, 0.5) is 5.69 Å². The van der Waals surface area contributed by atoms with Crippen LogP contribution in [0.25, 0.3) is 0 Å². The summed E-state index contributed by atoms with van der Waals surface area (Å²) in [5, 5.41) is 7.52. The fourth-order valence-electron chi connectivity index (χ4n) is 1.54. The minimum Gasteiger partial charge on any atom is -0.378 e. The zero-order valence-corrected chi connectivity index (χ0v) is 11.0. The Balaban J connectivity index is 2.11. The molecule has 0 unspecified atom stereocenters. The summed E-state index contributed by atoms with van der Waals surface area (Å²) in [6, 6.07) is 8.20. The van der Waals surface area contributed by atoms with Gasteiger partial charge in [-0.2, -0.15) is 5.10 Å². The van der Waals surface area contributed by atoms with Gasteiger partial charge in [0.1, 0.15) is 0 Å². The maximum absolute atomic E-state index is 4.13. The second kappa shape index (κ2) is 4.70. The van der Waals surface area contributed by atoms with Gasteiger partial charge in [-0.1, -0.05) is 12.1 Å². The minimum atomic E-state index is 0.776. The van der Waals surface area contributed by atoms with E-state index in [1.165, 1.54) is 5.56 Å². The first-order valence-corrected chi connectivity index (χ1v) is 5.93. The van der Waals surface area contributed by atoms with Gasteiger partial charge in [0.05, 0.1) is 12.2 Å². The van der Waals surface area contributed by atoms with E-state index in [1.54, 1.807) is 0 Å². The first-order valence-electron chi connectivity index (χ1n) is 5.14. The average Bonchev–Trinajstić information content (AvgIpc) is 2.67. The second-order valence-electron chi connectivity index (χ2n) is 3.74. The first kappa shape index (κ1) is 11.2. The van der Waals surface area contributed by atoms with Crippen molar-refractivity contribution in [1.29, 1.82) is 0 Å². The minimum absolute atomic E-state index is 0.776. The van der Waals surface area contributed by atoms with Crippen molar-refractivity contribution in [3.05, 3.63) is 46.2 Å². The molecule has 3 nitrogen and oxygen atoms in total. The van der Waals surface area contributed by atoms with Crippen LogP contribution >= 0.6 is 15.9 Å². The van der Waals surface area contributed by atoms with Crippen LogP contribution < -0.4 is 5.32 Å². The van der Waals surface area contributed by atoms with Gasteiger partial charge in [-0.3, -0.25) is 4.68 Å². The Morgan fingerprint density at radius 2 is 2.19 bits per heavy atom. The van der Waals surface area contributed by atoms with Crippen molar-refractivity contribution < 1.29 is 0 Å². The third-order valence-electron chi connectivity index (χ3n) is 2.57. The zero-order chi connectivity index (χ0) is 11.5. The summed E-state index contributed by atoms with van der Waals surface area (Å²) in [6.45, 7) is 2.86. The number of aromatic nitrogens is 2. The highest BCUT2D eigenvalue weighted by atomic mass is 79.9. The van der Waals surface area contributed by atoms with E-state index in [4.69, 9.17) is 0 Å². The lowest BCUT2D eigenvalue weighted by molar-refractivity contribution is 0.720. The summed E-state index contributed by atoms with van der Waals surface area (Å²) in [7, 11) is 1.95. The summed E-state index contributed by atoms with van der Waals surface area (Å²) < 4.78 is 2.99. The molecule has 1 aromatic heterocycles. The van der Waals surface area contributed by atoms with Crippen molar-refractivity contribution in [2.75, 3.05) is 5.32 Å². The highest BCUT2D eigenvalue weighted by molar-refractivity contribution is 9.10. The summed E-state index contributed by atoms with van der Waals surface area (Å²) in [6.07, 6.45) is 1.81. The number of nitrogens with one attached hydrogen (secondary N) is 1. The van der Waals surface area contributed by atoms with E-state index in [1.807, 2.05) is 30.1 Å². The maximum Gasteiger partial charge on any atom is 0.0571 e. The quantitative estimate of drug-likeness (QED) is 0.936. The van der Waals surface area contributed by atoms with E-state index in [-0.39, 0.29) is 0 Å². The van der Waals surface area contributed by atoms with Gasteiger partial charge in [0.15, 0.2) is 0 Å². The largest absolute Gasteiger partial charge is 0.378 e. The highest BCUT2D eigenvalue weighted by Crippen LogP contribution is 2.25. The molecule has 4 heteroatoms. The van der Waals surface area contributed by atoms with Gasteiger partial charge in [-0.15, -0.1) is 0 Å². The molecule has 1 aromatic carbocycles. The Labute approximate surface area is 104 Å². The van der Waals surface area contributed by atoms with Crippen LogP contribution in [0.1, 0.15) is 11.3 Å². The van der Waals surface area contributed by atoms with Crippen molar-refractivity contribution in [3.8, 4) is 0 Å². The molecule has 84 valence electrons. The van der Waals surface area contributed by atoms with Crippen molar-refractivity contribution in [3.63, 3.8) is 0 Å². The number of hydrogen-bond acceptors (Lipinski definition) is 2. The molecule has 1 heterocycles. The third-order valence-corrected chi connectivity index (χ3v) is 3.63. The van der Waals surface area contributed by atoms with Gasteiger partial charge >= 0.3 is 0 Å². The normalized spacial score (nSPS) is 10.4. The molecule has 0 fully saturated rings. The fourth-order valence-corrected chi connectivity index (χ4v) is 1.95. The molecule has 0 atom stereocenters. The van der Waals surface area contributed by atoms with E-state index in [2.05, 4.69) is 45.4 Å². The number of halogens is 1. The fraction of sp³-hybridized carbons (Fsp3) is 0.250. The van der Waals surface area contributed by atoms with Crippen molar-refractivity contribution in [1.82, 2.24) is 9.78 Å². The standard InChI is InChI=1S/C12H14BrN3/c1-9-4-3-5-11(12(9)13)14-8-10-6-7-15-16(10)2/h3-7,14H,8H2,1-2H3. The lowest BCUT2D eigenvalue weighted by atomic mass is 10.2. The summed E-state index contributed by atoms with van der Waals surface area (Å²) in [5.74, 6) is 0. The van der Waals surface area contributed by atoms with Crippen LogP contribution in [0.5, 0.6) is 0 Å². The second-order valence-corrected chi connectivity index (χ2v) is 4.53. The Morgan fingerprint density at radius 3 is 2.88 bits per heavy atom. The Hall–Kier alpha value is -1.29. The molecule has 0 aliphatic carbocycles. The summed E-state index contributed by atoms with van der Waals surface area (Å²) in [5.41, 5.74) is 3.50. The molecule has 0 amide bonds. The third kappa shape index (κ3) is 2.27.